The second kappa shape index (κ2) is 11.5. The number of hydrogen-bond acceptors (Lipinski definition) is 10. The number of nitrogens with one attached hydrogen (secondary N) is 1. The lowest BCUT2D eigenvalue weighted by Gasteiger charge is -2.35. The van der Waals surface area contributed by atoms with Crippen molar-refractivity contribution < 1.29 is 14.3 Å². The van der Waals surface area contributed by atoms with Crippen molar-refractivity contribution in [1.82, 2.24) is 19.9 Å². The van der Waals surface area contributed by atoms with Crippen LogP contribution in [0.2, 0.25) is 0 Å². The molecule has 0 saturated carbocycles. The second-order valence-electron chi connectivity index (χ2n) is 6.72. The van der Waals surface area contributed by atoms with Crippen LogP contribution in [0.5, 0.6) is 0 Å². The van der Waals surface area contributed by atoms with Gasteiger partial charge in [-0.15, -0.1) is 0 Å². The summed E-state index contributed by atoms with van der Waals surface area (Å²) in [5.41, 5.74) is 0. The molecule has 3 rings (SSSR count). The normalized spacial score (nSPS) is 14.8. The highest BCUT2D eigenvalue weighted by atomic mass is 35.5. The van der Waals surface area contributed by atoms with Crippen molar-refractivity contribution in [2.45, 2.75) is 13.8 Å². The molecule has 1 saturated heterocycles. The van der Waals surface area contributed by atoms with Gasteiger partial charge in [0, 0.05) is 45.4 Å². The third-order valence-electron chi connectivity index (χ3n) is 4.58. The van der Waals surface area contributed by atoms with E-state index in [0.717, 1.165) is 45.1 Å². The fourth-order valence-electron chi connectivity index (χ4n) is 3.07. The summed E-state index contributed by atoms with van der Waals surface area (Å²) in [5, 5.41) is 3.19. The molecule has 0 aliphatic carbocycles. The molecular formula is C19H27ClN6O3S. The summed E-state index contributed by atoms with van der Waals surface area (Å²) in [5.74, 6) is 2.19. The Morgan fingerprint density at radius 1 is 1.20 bits per heavy atom. The molecule has 11 heteroatoms. The number of carbonyl (C=O) groups is 1. The van der Waals surface area contributed by atoms with E-state index in [9.17, 15) is 4.79 Å². The molecular weight excluding hydrogens is 428 g/mol. The molecule has 2 aromatic heterocycles. The summed E-state index contributed by atoms with van der Waals surface area (Å²) in [6.07, 6.45) is 1.46. The lowest BCUT2D eigenvalue weighted by molar-refractivity contribution is 0.0422. The topological polar surface area (TPSA) is 92.7 Å². The number of thiazole rings is 1. The van der Waals surface area contributed by atoms with Crippen LogP contribution in [-0.2, 0) is 9.47 Å². The molecule has 1 aliphatic rings. The Hall–Kier alpha value is -1.85. The van der Waals surface area contributed by atoms with Gasteiger partial charge in [0.05, 0.1) is 26.0 Å². The van der Waals surface area contributed by atoms with Crippen molar-refractivity contribution in [3.05, 3.63) is 23.0 Å². The minimum Gasteiger partial charge on any atom is -0.379 e. The zero-order valence-corrected chi connectivity index (χ0v) is 18.8. The van der Waals surface area contributed by atoms with Crippen molar-refractivity contribution in [1.29, 1.82) is 0 Å². The third kappa shape index (κ3) is 6.85. The van der Waals surface area contributed by atoms with Gasteiger partial charge >= 0.3 is 0 Å². The van der Waals surface area contributed by atoms with E-state index in [2.05, 4.69) is 30.1 Å². The third-order valence-corrected chi connectivity index (χ3v) is 5.81. The van der Waals surface area contributed by atoms with E-state index >= 15 is 0 Å². The molecule has 2 aromatic rings. The van der Waals surface area contributed by atoms with Crippen LogP contribution >= 0.6 is 22.9 Å². The quantitative estimate of drug-likeness (QED) is 0.406. The molecule has 0 bridgehead atoms. The number of halogens is 1. The smallest absolute Gasteiger partial charge is 0.264 e. The summed E-state index contributed by atoms with van der Waals surface area (Å²) in [4.78, 5) is 29.5. The Kier molecular flexibility index (Phi) is 8.76. The first-order chi connectivity index (χ1) is 14.5. The molecule has 0 aromatic carbocycles. The maximum Gasteiger partial charge on any atom is 0.264 e. The van der Waals surface area contributed by atoms with Crippen molar-refractivity contribution in [2.75, 3.05) is 69.4 Å². The van der Waals surface area contributed by atoms with Crippen LogP contribution in [-0.4, -0.2) is 84.2 Å². The molecule has 9 nitrogen and oxygen atoms in total. The van der Waals surface area contributed by atoms with Crippen LogP contribution in [0.25, 0.3) is 0 Å². The Bertz CT molecular complexity index is 828. The van der Waals surface area contributed by atoms with E-state index in [-0.39, 0.29) is 0 Å². The molecule has 0 amide bonds. The summed E-state index contributed by atoms with van der Waals surface area (Å²) in [6.45, 7) is 11.2. The van der Waals surface area contributed by atoms with Crippen LogP contribution in [0.4, 0.5) is 16.8 Å². The van der Waals surface area contributed by atoms with Gasteiger partial charge in [-0.05, 0) is 25.4 Å². The molecule has 30 heavy (non-hydrogen) atoms. The standard InChI is InChI=1S/C19H27ClN6O3S/c1-3-28-10-11-29-9-8-25-4-6-26(7-5-25)17-12-16(22-14(2)23-17)24-19-21-13-15(30-19)18(20)27/h12-13H,3-11H2,1-2H3,(H,21,22,23,24). The molecule has 0 unspecified atom stereocenters. The van der Waals surface area contributed by atoms with Crippen molar-refractivity contribution in [3.63, 3.8) is 0 Å². The Morgan fingerprint density at radius 3 is 2.67 bits per heavy atom. The van der Waals surface area contributed by atoms with Gasteiger partial charge in [0.15, 0.2) is 5.13 Å². The van der Waals surface area contributed by atoms with Crippen LogP contribution in [0.3, 0.4) is 0 Å². The lowest BCUT2D eigenvalue weighted by atomic mass is 10.3. The van der Waals surface area contributed by atoms with E-state index in [1.54, 1.807) is 0 Å². The maximum atomic E-state index is 11.2. The molecule has 0 spiro atoms. The summed E-state index contributed by atoms with van der Waals surface area (Å²) < 4.78 is 10.9. The number of anilines is 3. The fourth-order valence-corrected chi connectivity index (χ4v) is 3.89. The largest absolute Gasteiger partial charge is 0.379 e. The van der Waals surface area contributed by atoms with E-state index < -0.39 is 5.24 Å². The van der Waals surface area contributed by atoms with Crippen LogP contribution in [0.15, 0.2) is 12.3 Å². The molecule has 1 N–H and O–H groups in total. The number of hydrogen-bond donors (Lipinski definition) is 1. The van der Waals surface area contributed by atoms with E-state index in [0.29, 0.717) is 41.5 Å². The molecule has 164 valence electrons. The number of carbonyl (C=O) groups excluding carboxylic acids is 1. The monoisotopic (exact) mass is 454 g/mol. The van der Waals surface area contributed by atoms with Crippen LogP contribution in [0, 0.1) is 6.92 Å². The van der Waals surface area contributed by atoms with E-state index in [1.165, 1.54) is 17.5 Å². The predicted octanol–water partition coefficient (Wildman–Crippen LogP) is 2.54. The first kappa shape index (κ1) is 22.8. The molecule has 0 atom stereocenters. The van der Waals surface area contributed by atoms with Crippen molar-refractivity contribution in [3.8, 4) is 0 Å². The second-order valence-corrected chi connectivity index (χ2v) is 8.10. The molecule has 1 aliphatic heterocycles. The first-order valence-corrected chi connectivity index (χ1v) is 11.2. The number of piperazine rings is 1. The first-order valence-electron chi connectivity index (χ1n) is 9.96. The number of rotatable bonds is 11. The fraction of sp³-hybridized carbons (Fsp3) is 0.579. The maximum absolute atomic E-state index is 11.2. The average Bonchev–Trinajstić information content (AvgIpc) is 3.19. The number of nitrogens with zero attached hydrogens (tertiary/aromatic N) is 5. The van der Waals surface area contributed by atoms with Gasteiger partial charge in [0.2, 0.25) is 0 Å². The molecule has 3 heterocycles. The van der Waals surface area contributed by atoms with E-state index in [1.807, 2.05) is 19.9 Å². The molecule has 1 fully saturated rings. The van der Waals surface area contributed by atoms with Gasteiger partial charge in [0.25, 0.3) is 5.24 Å². The van der Waals surface area contributed by atoms with Crippen LogP contribution < -0.4 is 10.2 Å². The zero-order valence-electron chi connectivity index (χ0n) is 17.3. The van der Waals surface area contributed by atoms with Gasteiger partial charge in [-0.1, -0.05) is 11.3 Å². The Balaban J connectivity index is 1.50. The summed E-state index contributed by atoms with van der Waals surface area (Å²) in [6, 6.07) is 1.91. The van der Waals surface area contributed by atoms with Gasteiger partial charge in [-0.2, -0.15) is 0 Å². The predicted molar refractivity (Wildman–Crippen MR) is 118 cm³/mol. The highest BCUT2D eigenvalue weighted by molar-refractivity contribution is 7.19. The van der Waals surface area contributed by atoms with Crippen LogP contribution in [0.1, 0.15) is 22.4 Å². The number of aromatic nitrogens is 3. The van der Waals surface area contributed by atoms with Gasteiger partial charge in [-0.3, -0.25) is 9.69 Å². The zero-order chi connectivity index (χ0) is 21.3. The SMILES string of the molecule is CCOCCOCCN1CCN(c2cc(Nc3ncc(C(=O)Cl)s3)nc(C)n2)CC1. The highest BCUT2D eigenvalue weighted by Crippen LogP contribution is 2.25. The van der Waals surface area contributed by atoms with Gasteiger partial charge in [0.1, 0.15) is 22.3 Å². The summed E-state index contributed by atoms with van der Waals surface area (Å²) >= 11 is 6.69. The number of aryl methyl sites for hydroxylation is 1. The minimum atomic E-state index is -0.516. The molecule has 0 radical (unpaired) electrons. The average molecular weight is 455 g/mol. The van der Waals surface area contributed by atoms with Crippen molar-refractivity contribution in [2.24, 2.45) is 0 Å². The lowest BCUT2D eigenvalue weighted by Crippen LogP contribution is -2.47. The summed E-state index contributed by atoms with van der Waals surface area (Å²) in [7, 11) is 0. The van der Waals surface area contributed by atoms with E-state index in [4.69, 9.17) is 21.1 Å². The highest BCUT2D eigenvalue weighted by Gasteiger charge is 2.19. The van der Waals surface area contributed by atoms with Crippen molar-refractivity contribution >= 4 is 44.9 Å². The van der Waals surface area contributed by atoms with Gasteiger partial charge < -0.3 is 19.7 Å². The Morgan fingerprint density at radius 2 is 1.97 bits per heavy atom. The van der Waals surface area contributed by atoms with Gasteiger partial charge in [-0.25, -0.2) is 15.0 Å². The Labute approximate surface area is 185 Å². The number of ether oxygens (including phenoxy) is 2. The minimum absolute atomic E-state index is 0.392.